The minimum Gasteiger partial charge on any atom is -0.423 e. The van der Waals surface area contributed by atoms with Crippen molar-refractivity contribution in [3.8, 4) is 11.5 Å². The minimum atomic E-state index is -0.490. The summed E-state index contributed by atoms with van der Waals surface area (Å²) < 4.78 is 11.4. The number of anilines is 2. The first kappa shape index (κ1) is 34.2. The Kier molecular flexibility index (Phi) is 10.8. The Labute approximate surface area is 298 Å². The van der Waals surface area contributed by atoms with Gasteiger partial charge in [-0.05, 0) is 70.8 Å². The molecule has 6 nitrogen and oxygen atoms in total. The number of hydrogen-bond acceptors (Lipinski definition) is 6. The normalized spacial score (nSPS) is 11.7. The third-order valence-electron chi connectivity index (χ3n) is 8.39. The van der Waals surface area contributed by atoms with E-state index in [1.165, 1.54) is 12.2 Å². The quantitative estimate of drug-likeness (QED) is 0.0767. The summed E-state index contributed by atoms with van der Waals surface area (Å²) in [6.45, 7) is 4.23. The van der Waals surface area contributed by atoms with Gasteiger partial charge in [0.25, 0.3) is 0 Å². The van der Waals surface area contributed by atoms with Crippen molar-refractivity contribution < 1.29 is 19.1 Å². The Bertz CT molecular complexity index is 1950. The zero-order valence-electron chi connectivity index (χ0n) is 28.5. The molecule has 0 radical (unpaired) electrons. The lowest BCUT2D eigenvalue weighted by Gasteiger charge is -2.26. The summed E-state index contributed by atoms with van der Waals surface area (Å²) in [5.41, 5.74) is 6.40. The average Bonchev–Trinajstić information content (AvgIpc) is 3.16. The first-order chi connectivity index (χ1) is 24.8. The summed E-state index contributed by atoms with van der Waals surface area (Å²) in [6, 6.07) is 53.7. The zero-order valence-corrected chi connectivity index (χ0v) is 28.5. The van der Waals surface area contributed by atoms with Crippen molar-refractivity contribution in [1.29, 1.82) is 0 Å². The molecule has 0 fully saturated rings. The van der Waals surface area contributed by atoms with E-state index in [0.29, 0.717) is 22.9 Å². The second-order valence-corrected chi connectivity index (χ2v) is 12.3. The molecule has 252 valence electrons. The molecule has 0 heterocycles. The smallest absolute Gasteiger partial charge is 0.338 e. The van der Waals surface area contributed by atoms with Crippen molar-refractivity contribution in [2.45, 2.75) is 19.3 Å². The summed E-state index contributed by atoms with van der Waals surface area (Å²) in [4.78, 5) is 26.1. The van der Waals surface area contributed by atoms with Gasteiger partial charge >= 0.3 is 11.9 Å². The number of ether oxygens (including phenoxy) is 2. The van der Waals surface area contributed by atoms with Gasteiger partial charge < -0.3 is 20.1 Å². The van der Waals surface area contributed by atoms with Gasteiger partial charge in [-0.25, -0.2) is 9.59 Å². The molecule has 0 bridgehead atoms. The van der Waals surface area contributed by atoms with Crippen LogP contribution in [0.3, 0.4) is 0 Å². The lowest BCUT2D eigenvalue weighted by Crippen LogP contribution is -2.19. The monoisotopic (exact) mass is 670 g/mol. The van der Waals surface area contributed by atoms with E-state index in [2.05, 4.69) is 24.5 Å². The van der Waals surface area contributed by atoms with E-state index >= 15 is 0 Å². The van der Waals surface area contributed by atoms with Crippen molar-refractivity contribution >= 4 is 34.7 Å². The number of rotatable bonds is 12. The molecular formula is C45H38N2O4. The third-order valence-corrected chi connectivity index (χ3v) is 8.39. The number of carbonyl (C=O) groups is 2. The first-order valence-electron chi connectivity index (χ1n) is 16.7. The number of nitrogens with one attached hydrogen (secondary N) is 2. The van der Waals surface area contributed by atoms with Crippen LogP contribution in [0, 0.1) is 0 Å². The fourth-order valence-corrected chi connectivity index (χ4v) is 5.55. The van der Waals surface area contributed by atoms with Gasteiger partial charge in [0, 0.05) is 28.9 Å². The van der Waals surface area contributed by atoms with Crippen LogP contribution in [-0.2, 0) is 15.0 Å². The Morgan fingerprint density at radius 1 is 0.451 bits per heavy atom. The van der Waals surface area contributed by atoms with Crippen LogP contribution < -0.4 is 20.1 Å². The Morgan fingerprint density at radius 2 is 0.765 bits per heavy atom. The van der Waals surface area contributed by atoms with Crippen LogP contribution in [0.2, 0.25) is 0 Å². The van der Waals surface area contributed by atoms with Gasteiger partial charge in [0.15, 0.2) is 0 Å². The minimum absolute atomic E-state index is 0.384. The van der Waals surface area contributed by atoms with Crippen LogP contribution in [0.1, 0.15) is 36.1 Å². The predicted octanol–water partition coefficient (Wildman–Crippen LogP) is 10.1. The lowest BCUT2D eigenvalue weighted by atomic mass is 9.78. The van der Waals surface area contributed by atoms with E-state index < -0.39 is 11.9 Å². The average molecular weight is 671 g/mol. The van der Waals surface area contributed by atoms with Crippen LogP contribution in [0.5, 0.6) is 11.5 Å². The van der Waals surface area contributed by atoms with Gasteiger partial charge in [-0.2, -0.15) is 0 Å². The van der Waals surface area contributed by atoms with E-state index in [-0.39, 0.29) is 5.41 Å². The van der Waals surface area contributed by atoms with Gasteiger partial charge in [-0.3, -0.25) is 0 Å². The molecule has 0 aliphatic carbocycles. The molecule has 6 aromatic carbocycles. The highest BCUT2D eigenvalue weighted by Gasteiger charge is 2.23. The number of benzene rings is 6. The molecule has 0 atom stereocenters. The standard InChI is InChI=1S/C45H38N2O4/c1-45(2,35-23-27-39(28-24-35)50-43(48)31-41(33-15-7-3-8-16-33)46-37-19-11-5-12-20-37)36-25-29-40(30-26-36)51-44(49)32-42(34-17-9-4-10-18-34)47-38-21-13-6-14-22-38/h3-32,46-47H,1-2H3/b41-31-,42-32-. The molecule has 2 N–H and O–H groups in total. The molecule has 0 amide bonds. The van der Waals surface area contributed by atoms with Gasteiger partial charge in [0.05, 0.1) is 11.4 Å². The zero-order chi connectivity index (χ0) is 35.5. The summed E-state index contributed by atoms with van der Waals surface area (Å²) >= 11 is 0. The lowest BCUT2D eigenvalue weighted by molar-refractivity contribution is -0.129. The van der Waals surface area contributed by atoms with Crippen molar-refractivity contribution in [3.63, 3.8) is 0 Å². The summed E-state index contributed by atoms with van der Waals surface area (Å²) in [5, 5.41) is 6.65. The number of esters is 2. The molecule has 6 rings (SSSR count). The molecule has 0 spiro atoms. The highest BCUT2D eigenvalue weighted by atomic mass is 16.5. The summed E-state index contributed by atoms with van der Waals surface area (Å²) in [6.07, 6.45) is 2.93. The Hall–Kier alpha value is -6.66. The number of carbonyl (C=O) groups excluding carboxylic acids is 2. The number of hydrogen-bond donors (Lipinski definition) is 2. The second kappa shape index (κ2) is 16.2. The summed E-state index contributed by atoms with van der Waals surface area (Å²) in [5.74, 6) is -0.100. The third kappa shape index (κ3) is 9.28. The Balaban J connectivity index is 1.11. The topological polar surface area (TPSA) is 76.7 Å². The van der Waals surface area contributed by atoms with E-state index in [0.717, 1.165) is 33.6 Å². The molecule has 0 aromatic heterocycles. The molecule has 51 heavy (non-hydrogen) atoms. The first-order valence-corrected chi connectivity index (χ1v) is 16.7. The highest BCUT2D eigenvalue weighted by molar-refractivity contribution is 5.96. The van der Waals surface area contributed by atoms with Crippen molar-refractivity contribution in [2.75, 3.05) is 10.6 Å². The van der Waals surface area contributed by atoms with E-state index in [1.807, 2.05) is 146 Å². The maximum atomic E-state index is 13.0. The van der Waals surface area contributed by atoms with E-state index in [9.17, 15) is 9.59 Å². The molecule has 6 aromatic rings. The van der Waals surface area contributed by atoms with Gasteiger partial charge in [-0.15, -0.1) is 0 Å². The van der Waals surface area contributed by atoms with Crippen molar-refractivity contribution in [2.24, 2.45) is 0 Å². The molecule has 6 heteroatoms. The molecule has 0 saturated carbocycles. The van der Waals surface area contributed by atoms with Crippen LogP contribution in [0.25, 0.3) is 11.4 Å². The highest BCUT2D eigenvalue weighted by Crippen LogP contribution is 2.33. The fourth-order valence-electron chi connectivity index (χ4n) is 5.55. The second-order valence-electron chi connectivity index (χ2n) is 12.3. The van der Waals surface area contributed by atoms with Crippen LogP contribution in [0.4, 0.5) is 11.4 Å². The molecule has 0 aliphatic heterocycles. The molecule has 0 aliphatic rings. The van der Waals surface area contributed by atoms with Gasteiger partial charge in [0.1, 0.15) is 11.5 Å². The van der Waals surface area contributed by atoms with E-state index in [4.69, 9.17) is 9.47 Å². The largest absolute Gasteiger partial charge is 0.423 e. The predicted molar refractivity (Wildman–Crippen MR) is 205 cm³/mol. The maximum absolute atomic E-state index is 13.0. The van der Waals surface area contributed by atoms with Crippen molar-refractivity contribution in [3.05, 3.63) is 204 Å². The van der Waals surface area contributed by atoms with Crippen LogP contribution in [-0.4, -0.2) is 11.9 Å². The SMILES string of the molecule is CC(C)(c1ccc(OC(=O)/C=C(\Nc2ccccc2)c2ccccc2)cc1)c1ccc(OC(=O)/C=C(\Nc2ccccc2)c2ccccc2)cc1. The van der Waals surface area contributed by atoms with Gasteiger partial charge in [-0.1, -0.05) is 135 Å². The maximum Gasteiger partial charge on any atom is 0.338 e. The van der Waals surface area contributed by atoms with Gasteiger partial charge in [0.2, 0.25) is 0 Å². The molecular weight excluding hydrogens is 633 g/mol. The Morgan fingerprint density at radius 3 is 1.10 bits per heavy atom. The molecule has 0 unspecified atom stereocenters. The van der Waals surface area contributed by atoms with Crippen LogP contribution in [0.15, 0.2) is 182 Å². The van der Waals surface area contributed by atoms with E-state index in [1.54, 1.807) is 24.3 Å². The number of para-hydroxylation sites is 2. The fraction of sp³-hybridized carbons (Fsp3) is 0.0667. The van der Waals surface area contributed by atoms with Crippen molar-refractivity contribution in [1.82, 2.24) is 0 Å². The summed E-state index contributed by atoms with van der Waals surface area (Å²) in [7, 11) is 0. The van der Waals surface area contributed by atoms with Crippen LogP contribution >= 0.6 is 0 Å². The molecule has 0 saturated heterocycles.